The molecule has 0 radical (unpaired) electrons. The fourth-order valence-electron chi connectivity index (χ4n) is 1.21. The first-order chi connectivity index (χ1) is 8.95. The van der Waals surface area contributed by atoms with E-state index in [1.54, 1.807) is 19.1 Å². The molecular formula is C11H12Cl3O4P. The van der Waals surface area contributed by atoms with Crippen LogP contribution in [0.3, 0.4) is 0 Å². The number of halogens is 3. The molecule has 1 unspecified atom stereocenters. The number of benzene rings is 1. The minimum absolute atomic E-state index is 0.0713. The Morgan fingerprint density at radius 1 is 1.42 bits per heavy atom. The highest BCUT2D eigenvalue weighted by atomic mass is 35.5. The van der Waals surface area contributed by atoms with Crippen molar-refractivity contribution in [3.8, 4) is 0 Å². The second kappa shape index (κ2) is 7.65. The Balaban J connectivity index is 3.02. The van der Waals surface area contributed by atoms with E-state index in [-0.39, 0.29) is 12.4 Å². The van der Waals surface area contributed by atoms with Crippen LogP contribution in [0.5, 0.6) is 0 Å². The first-order valence-electron chi connectivity index (χ1n) is 5.21. The summed E-state index contributed by atoms with van der Waals surface area (Å²) in [5.74, 6) is 0.0713. The normalized spacial score (nSPS) is 15.2. The zero-order chi connectivity index (χ0) is 14.5. The molecule has 0 aromatic heterocycles. The Morgan fingerprint density at radius 3 is 2.58 bits per heavy atom. The molecule has 1 aromatic carbocycles. The Bertz CT molecular complexity index is 469. The molecule has 8 heteroatoms. The number of rotatable bonds is 6. The van der Waals surface area contributed by atoms with Crippen molar-refractivity contribution in [2.75, 3.05) is 13.7 Å². The minimum atomic E-state index is -3.71. The molecule has 1 rings (SSSR count). The first kappa shape index (κ1) is 17.0. The maximum absolute atomic E-state index is 12.1. The summed E-state index contributed by atoms with van der Waals surface area (Å²) in [6.45, 7) is 1.82. The lowest BCUT2D eigenvalue weighted by Crippen LogP contribution is -2.17. The predicted molar refractivity (Wildman–Crippen MR) is 76.9 cm³/mol. The Kier molecular flexibility index (Phi) is 6.84. The van der Waals surface area contributed by atoms with Crippen LogP contribution in [-0.4, -0.2) is 13.7 Å². The maximum atomic E-state index is 12.1. The van der Waals surface area contributed by atoms with Crippen LogP contribution in [0.1, 0.15) is 12.5 Å². The highest BCUT2D eigenvalue weighted by molar-refractivity contribution is 7.54. The van der Waals surface area contributed by atoms with Gasteiger partial charge in [-0.2, -0.15) is 9.05 Å². The minimum Gasteiger partial charge on any atom is -0.598 e. The lowest BCUT2D eigenvalue weighted by Gasteiger charge is -2.24. The Morgan fingerprint density at radius 2 is 2.11 bits per heavy atom. The molecule has 4 nitrogen and oxygen atoms in total. The molecule has 1 atom stereocenters. The summed E-state index contributed by atoms with van der Waals surface area (Å²) in [4.78, 5) is 12.1. The molecule has 19 heavy (non-hydrogen) atoms. The fourth-order valence-corrected chi connectivity index (χ4v) is 2.88. The van der Waals surface area contributed by atoms with Gasteiger partial charge in [0.1, 0.15) is 0 Å². The molecule has 0 aliphatic carbocycles. The van der Waals surface area contributed by atoms with Crippen molar-refractivity contribution >= 4 is 48.7 Å². The molecule has 106 valence electrons. The lowest BCUT2D eigenvalue weighted by atomic mass is 10.2. The van der Waals surface area contributed by atoms with Gasteiger partial charge < -0.3 is 4.89 Å². The van der Waals surface area contributed by atoms with Gasteiger partial charge >= 0.3 is 8.17 Å². The number of phosphoric acid groups is 1. The predicted octanol–water partition coefficient (Wildman–Crippen LogP) is 4.27. The number of phosphoric ester groups is 1. The third-order valence-corrected chi connectivity index (χ3v) is 4.20. The third-order valence-electron chi connectivity index (χ3n) is 2.02. The molecule has 0 fully saturated rings. The second-order valence-corrected chi connectivity index (χ2v) is 6.00. The van der Waals surface area contributed by atoms with Crippen molar-refractivity contribution in [3.05, 3.63) is 39.3 Å². The lowest BCUT2D eigenvalue weighted by molar-refractivity contribution is -0.239. The topological polar surface area (TPSA) is 50.8 Å². The zero-order valence-corrected chi connectivity index (χ0v) is 13.4. The van der Waals surface area contributed by atoms with Gasteiger partial charge in [0.2, 0.25) is 5.76 Å². The van der Waals surface area contributed by atoms with Crippen molar-refractivity contribution in [1.82, 2.24) is 0 Å². The van der Waals surface area contributed by atoms with Gasteiger partial charge in [0, 0.05) is 10.6 Å². The summed E-state index contributed by atoms with van der Waals surface area (Å²) < 4.78 is 14.9. The van der Waals surface area contributed by atoms with Gasteiger partial charge in [0.15, 0.2) is 0 Å². The molecule has 0 spiro atoms. The molecule has 0 saturated carbocycles. The van der Waals surface area contributed by atoms with Crippen LogP contribution in [-0.2, 0) is 13.6 Å². The van der Waals surface area contributed by atoms with Crippen molar-refractivity contribution < 1.29 is 18.5 Å². The van der Waals surface area contributed by atoms with E-state index in [2.05, 4.69) is 0 Å². The SMILES string of the molecule is CCO[P+]([O-])(OC)O/C(=C\Cl)c1ccc(Cl)cc1Cl. The molecule has 0 bridgehead atoms. The third kappa shape index (κ3) is 4.76. The van der Waals surface area contributed by atoms with Gasteiger partial charge in [-0.05, 0) is 25.1 Å². The Labute approximate surface area is 127 Å². The molecule has 0 N–H and O–H groups in total. The van der Waals surface area contributed by atoms with E-state index in [1.807, 2.05) is 0 Å². The molecule has 0 saturated heterocycles. The monoisotopic (exact) mass is 344 g/mol. The summed E-state index contributed by atoms with van der Waals surface area (Å²) in [6, 6.07) is 4.70. The van der Waals surface area contributed by atoms with Crippen LogP contribution in [0.25, 0.3) is 5.76 Å². The standard InChI is InChI=1S/C11H12Cl3O4P/c1-3-17-19(15,16-2)18-11(7-12)9-5-4-8(13)6-10(9)14/h4-7H,3H2,1-2H3/b11-7-. The van der Waals surface area contributed by atoms with Crippen LogP contribution < -0.4 is 4.89 Å². The van der Waals surface area contributed by atoms with E-state index in [1.165, 1.54) is 13.2 Å². The van der Waals surface area contributed by atoms with Gasteiger partial charge in [0.25, 0.3) is 0 Å². The van der Waals surface area contributed by atoms with Crippen molar-refractivity contribution in [1.29, 1.82) is 0 Å². The largest absolute Gasteiger partial charge is 0.598 e. The molecule has 0 aliphatic heterocycles. The highest BCUT2D eigenvalue weighted by Crippen LogP contribution is 2.56. The summed E-state index contributed by atoms with van der Waals surface area (Å²) in [6.07, 6.45) is 0. The van der Waals surface area contributed by atoms with E-state index in [0.29, 0.717) is 15.6 Å². The average molecular weight is 346 g/mol. The van der Waals surface area contributed by atoms with E-state index in [4.69, 9.17) is 48.4 Å². The van der Waals surface area contributed by atoms with Crippen LogP contribution in [0, 0.1) is 0 Å². The first-order valence-corrected chi connectivity index (χ1v) is 7.86. The van der Waals surface area contributed by atoms with E-state index < -0.39 is 8.17 Å². The molecule has 0 heterocycles. The fraction of sp³-hybridized carbons (Fsp3) is 0.273. The summed E-state index contributed by atoms with van der Waals surface area (Å²) in [5.41, 5.74) is 1.53. The van der Waals surface area contributed by atoms with Crippen molar-refractivity contribution in [2.24, 2.45) is 0 Å². The highest BCUT2D eigenvalue weighted by Gasteiger charge is 2.34. The summed E-state index contributed by atoms with van der Waals surface area (Å²) in [7, 11) is -2.50. The maximum Gasteiger partial charge on any atom is 0.428 e. The second-order valence-electron chi connectivity index (χ2n) is 3.24. The van der Waals surface area contributed by atoms with Crippen molar-refractivity contribution in [3.63, 3.8) is 0 Å². The molecule has 0 aliphatic rings. The Hall–Kier alpha value is -0.0600. The molecular weight excluding hydrogens is 333 g/mol. The van der Waals surface area contributed by atoms with Gasteiger partial charge in [0.05, 0.1) is 24.3 Å². The van der Waals surface area contributed by atoms with Crippen LogP contribution in [0.4, 0.5) is 0 Å². The van der Waals surface area contributed by atoms with E-state index in [0.717, 1.165) is 5.54 Å². The average Bonchev–Trinajstić information content (AvgIpc) is 2.37. The number of hydrogen-bond acceptors (Lipinski definition) is 4. The summed E-state index contributed by atoms with van der Waals surface area (Å²) in [5, 5.41) is 0.765. The van der Waals surface area contributed by atoms with E-state index in [9.17, 15) is 4.89 Å². The number of hydrogen-bond donors (Lipinski definition) is 0. The zero-order valence-electron chi connectivity index (χ0n) is 10.2. The molecule has 1 aromatic rings. The quantitative estimate of drug-likeness (QED) is 0.571. The van der Waals surface area contributed by atoms with Crippen LogP contribution >= 0.6 is 43.0 Å². The smallest absolute Gasteiger partial charge is 0.428 e. The van der Waals surface area contributed by atoms with E-state index >= 15 is 0 Å². The summed E-state index contributed by atoms with van der Waals surface area (Å²) >= 11 is 17.5. The molecule has 0 amide bonds. The van der Waals surface area contributed by atoms with Crippen molar-refractivity contribution in [2.45, 2.75) is 6.92 Å². The van der Waals surface area contributed by atoms with Crippen LogP contribution in [0.15, 0.2) is 23.7 Å². The van der Waals surface area contributed by atoms with Gasteiger partial charge in [-0.1, -0.05) is 34.8 Å². The van der Waals surface area contributed by atoms with Gasteiger partial charge in [-0.25, -0.2) is 0 Å². The van der Waals surface area contributed by atoms with Gasteiger partial charge in [-0.15, -0.1) is 0 Å². The van der Waals surface area contributed by atoms with Crippen LogP contribution in [0.2, 0.25) is 10.0 Å². The van der Waals surface area contributed by atoms with Gasteiger partial charge in [-0.3, -0.25) is 4.52 Å².